The summed E-state index contributed by atoms with van der Waals surface area (Å²) in [6.07, 6.45) is 8.99. The van der Waals surface area contributed by atoms with E-state index in [0.29, 0.717) is 0 Å². The maximum Gasteiger partial charge on any atom is 0.0457 e. The third kappa shape index (κ3) is 1.73. The number of rotatable bonds is 1. The minimum absolute atomic E-state index is 0.737. The van der Waals surface area contributed by atoms with Gasteiger partial charge in [-0.3, -0.25) is 0 Å². The van der Waals surface area contributed by atoms with E-state index in [1.54, 1.807) is 0 Å². The van der Waals surface area contributed by atoms with E-state index in [1.807, 2.05) is 6.07 Å². The second-order valence-electron chi connectivity index (χ2n) is 4.77. The predicted molar refractivity (Wildman–Crippen MR) is 69.1 cm³/mol. The van der Waals surface area contributed by atoms with Crippen LogP contribution in [0.4, 0.5) is 0 Å². The monoisotopic (exact) mass is 233 g/mol. The number of H-pyrrole nitrogens is 1. The molecule has 16 heavy (non-hydrogen) atoms. The largest absolute Gasteiger partial charge is 0.361 e. The first-order valence-electron chi connectivity index (χ1n) is 6.11. The molecule has 3 rings (SSSR count). The van der Waals surface area contributed by atoms with E-state index in [0.717, 1.165) is 10.9 Å². The molecule has 0 atom stereocenters. The van der Waals surface area contributed by atoms with Crippen molar-refractivity contribution in [2.24, 2.45) is 0 Å². The molecule has 1 saturated carbocycles. The van der Waals surface area contributed by atoms with Crippen molar-refractivity contribution < 1.29 is 0 Å². The summed E-state index contributed by atoms with van der Waals surface area (Å²) >= 11 is 6.07. The Bertz CT molecular complexity index is 494. The number of aromatic amines is 1. The van der Waals surface area contributed by atoms with Crippen molar-refractivity contribution in [2.75, 3.05) is 0 Å². The van der Waals surface area contributed by atoms with Crippen molar-refractivity contribution in [1.82, 2.24) is 4.98 Å². The van der Waals surface area contributed by atoms with Gasteiger partial charge in [0.05, 0.1) is 0 Å². The van der Waals surface area contributed by atoms with Crippen LogP contribution < -0.4 is 0 Å². The van der Waals surface area contributed by atoms with Crippen LogP contribution in [0.15, 0.2) is 24.4 Å². The van der Waals surface area contributed by atoms with Crippen molar-refractivity contribution >= 4 is 22.5 Å². The Morgan fingerprint density at radius 1 is 1.12 bits per heavy atom. The van der Waals surface area contributed by atoms with Crippen LogP contribution in [0, 0.1) is 0 Å². The number of hydrogen-bond acceptors (Lipinski definition) is 0. The summed E-state index contributed by atoms with van der Waals surface area (Å²) in [6, 6.07) is 6.12. The fraction of sp³-hybridized carbons (Fsp3) is 0.429. The first-order chi connectivity index (χ1) is 7.84. The lowest BCUT2D eigenvalue weighted by Gasteiger charge is -2.21. The number of nitrogens with one attached hydrogen (secondary N) is 1. The van der Waals surface area contributed by atoms with Gasteiger partial charge in [-0.25, -0.2) is 0 Å². The molecule has 1 aliphatic rings. The summed E-state index contributed by atoms with van der Waals surface area (Å²) in [6.45, 7) is 0. The molecule has 84 valence electrons. The van der Waals surface area contributed by atoms with Crippen molar-refractivity contribution in [2.45, 2.75) is 38.0 Å². The minimum atomic E-state index is 0.737. The average Bonchev–Trinajstić information content (AvgIpc) is 2.73. The van der Waals surface area contributed by atoms with Gasteiger partial charge in [0.25, 0.3) is 0 Å². The van der Waals surface area contributed by atoms with Gasteiger partial charge >= 0.3 is 0 Å². The average molecular weight is 234 g/mol. The molecule has 1 aromatic carbocycles. The maximum atomic E-state index is 6.07. The number of hydrogen-bond donors (Lipinski definition) is 1. The standard InChI is InChI=1S/C14H16ClN/c15-11-6-7-14-12(8-11)13(9-16-14)10-4-2-1-3-5-10/h6-10,16H,1-5H2. The van der Waals surface area contributed by atoms with Crippen molar-refractivity contribution in [1.29, 1.82) is 0 Å². The molecule has 1 heterocycles. The van der Waals surface area contributed by atoms with Crippen LogP contribution in [-0.2, 0) is 0 Å². The quantitative estimate of drug-likeness (QED) is 0.723. The minimum Gasteiger partial charge on any atom is -0.361 e. The van der Waals surface area contributed by atoms with Gasteiger partial charge in [0.15, 0.2) is 0 Å². The second kappa shape index (κ2) is 4.14. The molecule has 1 fully saturated rings. The summed E-state index contributed by atoms with van der Waals surface area (Å²) in [5.74, 6) is 0.737. The van der Waals surface area contributed by atoms with Crippen LogP contribution in [0.2, 0.25) is 5.02 Å². The van der Waals surface area contributed by atoms with Crippen LogP contribution in [0.3, 0.4) is 0 Å². The molecule has 0 saturated heterocycles. The highest BCUT2D eigenvalue weighted by Gasteiger charge is 2.18. The smallest absolute Gasteiger partial charge is 0.0457 e. The van der Waals surface area contributed by atoms with Gasteiger partial charge in [-0.1, -0.05) is 30.9 Å². The van der Waals surface area contributed by atoms with Crippen LogP contribution in [0.25, 0.3) is 10.9 Å². The van der Waals surface area contributed by atoms with Crippen molar-refractivity contribution in [3.8, 4) is 0 Å². The molecule has 2 aromatic rings. The van der Waals surface area contributed by atoms with Gasteiger partial charge in [-0.15, -0.1) is 0 Å². The van der Waals surface area contributed by atoms with Crippen molar-refractivity contribution in [3.05, 3.63) is 35.0 Å². The van der Waals surface area contributed by atoms with Gasteiger partial charge in [0.2, 0.25) is 0 Å². The first-order valence-corrected chi connectivity index (χ1v) is 6.49. The molecule has 0 amide bonds. The highest BCUT2D eigenvalue weighted by molar-refractivity contribution is 6.31. The Labute approximate surface area is 101 Å². The summed E-state index contributed by atoms with van der Waals surface area (Å²) < 4.78 is 0. The highest BCUT2D eigenvalue weighted by atomic mass is 35.5. The summed E-state index contributed by atoms with van der Waals surface area (Å²) in [5, 5.41) is 2.16. The molecule has 1 aromatic heterocycles. The lowest BCUT2D eigenvalue weighted by atomic mass is 9.84. The zero-order chi connectivity index (χ0) is 11.0. The molecule has 0 radical (unpaired) electrons. The van der Waals surface area contributed by atoms with Crippen molar-refractivity contribution in [3.63, 3.8) is 0 Å². The highest BCUT2D eigenvalue weighted by Crippen LogP contribution is 2.36. The lowest BCUT2D eigenvalue weighted by molar-refractivity contribution is 0.445. The molecule has 2 heteroatoms. The number of halogens is 1. The van der Waals surface area contributed by atoms with Crippen LogP contribution in [-0.4, -0.2) is 4.98 Å². The van der Waals surface area contributed by atoms with E-state index in [2.05, 4.69) is 23.3 Å². The van der Waals surface area contributed by atoms with E-state index < -0.39 is 0 Å². The molecular weight excluding hydrogens is 218 g/mol. The Morgan fingerprint density at radius 3 is 2.75 bits per heavy atom. The number of fused-ring (bicyclic) bond motifs is 1. The maximum absolute atomic E-state index is 6.07. The third-order valence-electron chi connectivity index (χ3n) is 3.72. The molecule has 0 aliphatic heterocycles. The Kier molecular flexibility index (Phi) is 2.64. The van der Waals surface area contributed by atoms with Crippen LogP contribution in [0.5, 0.6) is 0 Å². The molecule has 1 nitrogen and oxygen atoms in total. The lowest BCUT2D eigenvalue weighted by Crippen LogP contribution is -2.03. The molecule has 1 aliphatic carbocycles. The topological polar surface area (TPSA) is 15.8 Å². The third-order valence-corrected chi connectivity index (χ3v) is 3.96. The van der Waals surface area contributed by atoms with E-state index in [1.165, 1.54) is 48.6 Å². The fourth-order valence-electron chi connectivity index (χ4n) is 2.87. The van der Waals surface area contributed by atoms with Gasteiger partial charge in [-0.05, 0) is 42.5 Å². The number of aromatic nitrogens is 1. The zero-order valence-electron chi connectivity index (χ0n) is 9.30. The first kappa shape index (κ1) is 10.2. The zero-order valence-corrected chi connectivity index (χ0v) is 10.1. The van der Waals surface area contributed by atoms with Gasteiger partial charge in [0.1, 0.15) is 0 Å². The molecule has 0 unspecified atom stereocenters. The van der Waals surface area contributed by atoms with Crippen LogP contribution >= 0.6 is 11.6 Å². The molecular formula is C14H16ClN. The van der Waals surface area contributed by atoms with Gasteiger partial charge in [-0.2, -0.15) is 0 Å². The molecule has 0 bridgehead atoms. The number of benzene rings is 1. The van der Waals surface area contributed by atoms with Gasteiger partial charge in [0, 0.05) is 22.1 Å². The SMILES string of the molecule is Clc1ccc2[nH]cc(C3CCCCC3)c2c1. The summed E-state index contributed by atoms with van der Waals surface area (Å²) in [5.41, 5.74) is 2.68. The summed E-state index contributed by atoms with van der Waals surface area (Å²) in [7, 11) is 0. The summed E-state index contributed by atoms with van der Waals surface area (Å²) in [4.78, 5) is 3.35. The molecule has 0 spiro atoms. The molecule has 1 N–H and O–H groups in total. The van der Waals surface area contributed by atoms with E-state index >= 15 is 0 Å². The fourth-order valence-corrected chi connectivity index (χ4v) is 3.04. The Morgan fingerprint density at radius 2 is 1.94 bits per heavy atom. The normalized spacial score (nSPS) is 18.1. The van der Waals surface area contributed by atoms with E-state index in [-0.39, 0.29) is 0 Å². The second-order valence-corrected chi connectivity index (χ2v) is 5.21. The van der Waals surface area contributed by atoms with Gasteiger partial charge < -0.3 is 4.98 Å². The van der Waals surface area contributed by atoms with E-state index in [9.17, 15) is 0 Å². The Balaban J connectivity index is 2.05. The van der Waals surface area contributed by atoms with E-state index in [4.69, 9.17) is 11.6 Å². The predicted octanol–water partition coefficient (Wildman–Crippen LogP) is 4.87. The Hall–Kier alpha value is -0.950. The van der Waals surface area contributed by atoms with Crippen LogP contribution in [0.1, 0.15) is 43.6 Å².